The predicted octanol–water partition coefficient (Wildman–Crippen LogP) is 2.11. The Kier molecular flexibility index (Phi) is 5.84. The summed E-state index contributed by atoms with van der Waals surface area (Å²) in [4.78, 5) is 5.49. The van der Waals surface area contributed by atoms with E-state index in [0.29, 0.717) is 17.2 Å². The topological polar surface area (TPSA) is 113 Å². The van der Waals surface area contributed by atoms with Crippen LogP contribution in [0.25, 0.3) is 16.2 Å². The number of hydrogen-bond acceptors (Lipinski definition) is 6. The van der Waals surface area contributed by atoms with Crippen molar-refractivity contribution in [3.63, 3.8) is 0 Å². The first-order valence-electron chi connectivity index (χ1n) is 6.94. The van der Waals surface area contributed by atoms with Gasteiger partial charge in [-0.15, -0.1) is 28.8 Å². The third kappa shape index (κ3) is 3.67. The number of imidazole rings is 1. The van der Waals surface area contributed by atoms with Crippen LogP contribution in [0.2, 0.25) is 0 Å². The minimum absolute atomic E-state index is 0. The molecule has 0 aliphatic rings. The fourth-order valence-corrected chi connectivity index (χ4v) is 3.00. The Morgan fingerprint density at radius 3 is 2.76 bits per heavy atom. The first-order chi connectivity index (χ1) is 11.6. The van der Waals surface area contributed by atoms with E-state index >= 15 is 0 Å². The van der Waals surface area contributed by atoms with Gasteiger partial charge in [-0.25, -0.2) is 4.98 Å². The smallest absolute Gasteiger partial charge is 0.211 e. The summed E-state index contributed by atoms with van der Waals surface area (Å²) in [6, 6.07) is 5.52. The molecule has 0 saturated heterocycles. The molecule has 0 aliphatic carbocycles. The third-order valence-electron chi connectivity index (χ3n) is 3.31. The summed E-state index contributed by atoms with van der Waals surface area (Å²) in [5.74, 6) is 1.27. The van der Waals surface area contributed by atoms with Crippen LogP contribution in [-0.2, 0) is 0 Å². The summed E-state index contributed by atoms with van der Waals surface area (Å²) < 4.78 is 12.7. The molecule has 132 valence electrons. The molecular formula is C15H17ClN6O2S. The standard InChI is InChI=1S/C15H16N6O2S.ClH/c1-22-9-3-4-12(23-2)10(7-9)13-11(8-18-20-14(16)17)21-5-6-24-15(21)19-13;/h3-8H,1-2H3,(H4,16,17,20);1H/b18-8+;. The first-order valence-corrected chi connectivity index (χ1v) is 7.82. The number of ether oxygens (including phenoxy) is 2. The summed E-state index contributed by atoms with van der Waals surface area (Å²) >= 11 is 1.51. The summed E-state index contributed by atoms with van der Waals surface area (Å²) in [5.41, 5.74) is 12.9. The number of halogens is 1. The van der Waals surface area contributed by atoms with Crippen molar-refractivity contribution < 1.29 is 9.47 Å². The van der Waals surface area contributed by atoms with Gasteiger partial charge in [0.1, 0.15) is 17.2 Å². The number of nitrogens with zero attached hydrogens (tertiary/aromatic N) is 4. The van der Waals surface area contributed by atoms with E-state index in [0.717, 1.165) is 16.2 Å². The van der Waals surface area contributed by atoms with Crippen molar-refractivity contribution in [1.82, 2.24) is 9.38 Å². The molecule has 0 saturated carbocycles. The summed E-state index contributed by atoms with van der Waals surface area (Å²) in [6.07, 6.45) is 3.46. The molecule has 10 heteroatoms. The van der Waals surface area contributed by atoms with E-state index in [1.165, 1.54) is 11.3 Å². The molecule has 0 spiro atoms. The van der Waals surface area contributed by atoms with Crippen LogP contribution < -0.4 is 20.9 Å². The highest BCUT2D eigenvalue weighted by Gasteiger charge is 2.18. The normalized spacial score (nSPS) is 10.6. The Morgan fingerprint density at radius 1 is 1.28 bits per heavy atom. The molecule has 0 amide bonds. The van der Waals surface area contributed by atoms with Crippen LogP contribution in [-0.4, -0.2) is 35.8 Å². The number of thiazole rings is 1. The Morgan fingerprint density at radius 2 is 2.08 bits per heavy atom. The molecule has 0 aliphatic heterocycles. The van der Waals surface area contributed by atoms with Gasteiger partial charge in [0, 0.05) is 17.1 Å². The van der Waals surface area contributed by atoms with Gasteiger partial charge in [0.2, 0.25) is 5.96 Å². The summed E-state index contributed by atoms with van der Waals surface area (Å²) in [5, 5.41) is 9.50. The van der Waals surface area contributed by atoms with E-state index in [-0.39, 0.29) is 18.4 Å². The van der Waals surface area contributed by atoms with Gasteiger partial charge in [0.25, 0.3) is 0 Å². The lowest BCUT2D eigenvalue weighted by molar-refractivity contribution is 0.404. The quantitative estimate of drug-likeness (QED) is 0.400. The molecule has 0 fully saturated rings. The van der Waals surface area contributed by atoms with Crippen molar-refractivity contribution in [2.24, 2.45) is 21.7 Å². The highest BCUT2D eigenvalue weighted by molar-refractivity contribution is 7.15. The second kappa shape index (κ2) is 7.86. The van der Waals surface area contributed by atoms with Crippen LogP contribution in [0.3, 0.4) is 0 Å². The lowest BCUT2D eigenvalue weighted by Gasteiger charge is -2.09. The third-order valence-corrected chi connectivity index (χ3v) is 4.07. The number of fused-ring (bicyclic) bond motifs is 1. The number of benzene rings is 1. The van der Waals surface area contributed by atoms with E-state index in [1.54, 1.807) is 20.4 Å². The molecule has 1 aromatic carbocycles. The maximum Gasteiger partial charge on any atom is 0.211 e. The van der Waals surface area contributed by atoms with Crippen LogP contribution in [0.5, 0.6) is 11.5 Å². The van der Waals surface area contributed by atoms with E-state index in [1.807, 2.05) is 34.2 Å². The monoisotopic (exact) mass is 380 g/mol. The zero-order chi connectivity index (χ0) is 17.1. The van der Waals surface area contributed by atoms with Gasteiger partial charge in [0.05, 0.1) is 26.1 Å². The van der Waals surface area contributed by atoms with Crippen molar-refractivity contribution in [3.8, 4) is 22.8 Å². The minimum Gasteiger partial charge on any atom is -0.497 e. The van der Waals surface area contributed by atoms with Crippen molar-refractivity contribution >= 4 is 40.9 Å². The van der Waals surface area contributed by atoms with E-state index in [2.05, 4.69) is 15.2 Å². The minimum atomic E-state index is -0.113. The fourth-order valence-electron chi connectivity index (χ4n) is 2.27. The average molecular weight is 381 g/mol. The van der Waals surface area contributed by atoms with Gasteiger partial charge in [0.15, 0.2) is 4.96 Å². The zero-order valence-corrected chi connectivity index (χ0v) is 15.2. The second-order valence-corrected chi connectivity index (χ2v) is 5.61. The number of methoxy groups -OCH3 is 2. The van der Waals surface area contributed by atoms with Crippen LogP contribution in [0.4, 0.5) is 0 Å². The van der Waals surface area contributed by atoms with Gasteiger partial charge >= 0.3 is 0 Å². The number of rotatable bonds is 5. The maximum absolute atomic E-state index is 5.46. The first kappa shape index (κ1) is 18.6. The SMILES string of the molecule is COc1ccc(OC)c(-c2nc3sccn3c2/C=N/N=C(N)N)c1.Cl. The molecule has 3 rings (SSSR count). The van der Waals surface area contributed by atoms with Crippen LogP contribution in [0.1, 0.15) is 5.69 Å². The molecular weight excluding hydrogens is 364 g/mol. The summed E-state index contributed by atoms with van der Waals surface area (Å²) in [6.45, 7) is 0. The van der Waals surface area contributed by atoms with Crippen LogP contribution in [0, 0.1) is 0 Å². The van der Waals surface area contributed by atoms with E-state index in [9.17, 15) is 0 Å². The molecule has 8 nitrogen and oxygen atoms in total. The molecule has 4 N–H and O–H groups in total. The molecule has 2 heterocycles. The van der Waals surface area contributed by atoms with Crippen molar-refractivity contribution in [2.75, 3.05) is 14.2 Å². The van der Waals surface area contributed by atoms with E-state index in [4.69, 9.17) is 20.9 Å². The number of guanidine groups is 1. The Bertz CT molecular complexity index is 929. The van der Waals surface area contributed by atoms with Gasteiger partial charge in [-0.1, -0.05) is 0 Å². The van der Waals surface area contributed by atoms with Crippen molar-refractivity contribution in [3.05, 3.63) is 35.5 Å². The Balaban J connectivity index is 0.00000225. The maximum atomic E-state index is 5.46. The number of nitrogens with two attached hydrogens (primary N) is 2. The zero-order valence-electron chi connectivity index (χ0n) is 13.5. The fraction of sp³-hybridized carbons (Fsp3) is 0.133. The van der Waals surface area contributed by atoms with Gasteiger partial charge in [-0.2, -0.15) is 5.10 Å². The molecule has 3 aromatic rings. The average Bonchev–Trinajstić information content (AvgIpc) is 3.16. The Labute approximate surface area is 154 Å². The Hall–Kier alpha value is -2.78. The van der Waals surface area contributed by atoms with Crippen molar-refractivity contribution in [1.29, 1.82) is 0 Å². The van der Waals surface area contributed by atoms with Crippen LogP contribution >= 0.6 is 23.7 Å². The molecule has 0 radical (unpaired) electrons. The highest BCUT2D eigenvalue weighted by Crippen LogP contribution is 2.35. The lowest BCUT2D eigenvalue weighted by atomic mass is 10.1. The van der Waals surface area contributed by atoms with Gasteiger partial charge in [-0.3, -0.25) is 4.40 Å². The second-order valence-electron chi connectivity index (χ2n) is 4.74. The van der Waals surface area contributed by atoms with Gasteiger partial charge < -0.3 is 20.9 Å². The van der Waals surface area contributed by atoms with Crippen molar-refractivity contribution in [2.45, 2.75) is 0 Å². The number of aromatic nitrogens is 2. The van der Waals surface area contributed by atoms with Gasteiger partial charge in [-0.05, 0) is 18.2 Å². The molecule has 0 atom stereocenters. The molecule has 0 bridgehead atoms. The molecule has 25 heavy (non-hydrogen) atoms. The molecule has 0 unspecified atom stereocenters. The molecule has 2 aromatic heterocycles. The lowest BCUT2D eigenvalue weighted by Crippen LogP contribution is -2.21. The highest BCUT2D eigenvalue weighted by atomic mass is 35.5. The summed E-state index contributed by atoms with van der Waals surface area (Å²) in [7, 11) is 3.22. The number of hydrogen-bond donors (Lipinski definition) is 2. The van der Waals surface area contributed by atoms with Crippen LogP contribution in [0.15, 0.2) is 40.0 Å². The largest absolute Gasteiger partial charge is 0.497 e. The van der Waals surface area contributed by atoms with E-state index < -0.39 is 0 Å². The predicted molar refractivity (Wildman–Crippen MR) is 102 cm³/mol.